The summed E-state index contributed by atoms with van der Waals surface area (Å²) in [6.45, 7) is 0. The molecule has 0 spiro atoms. The maximum Gasteiger partial charge on any atom is 0.272 e. The van der Waals surface area contributed by atoms with Gasteiger partial charge in [-0.3, -0.25) is 4.79 Å². The number of hydrogen-bond acceptors (Lipinski definition) is 2. The number of benzene rings is 2. The van der Waals surface area contributed by atoms with Crippen LogP contribution in [0.5, 0.6) is 0 Å². The third-order valence-corrected chi connectivity index (χ3v) is 2.60. The number of nitrogens with zero attached hydrogens (tertiary/aromatic N) is 1. The molecule has 0 aliphatic rings. The van der Waals surface area contributed by atoms with E-state index >= 15 is 0 Å². The highest BCUT2D eigenvalue weighted by molar-refractivity contribution is 6.30. The third-order valence-electron chi connectivity index (χ3n) is 2.34. The molecule has 0 saturated carbocycles. The van der Waals surface area contributed by atoms with Crippen LogP contribution in [0.3, 0.4) is 0 Å². The zero-order chi connectivity index (χ0) is 12.3. The standard InChI is InChI=1S/C13H11ClN2O/c14-11-6-8-12(9-7-11)16(15)13(17)10-4-2-1-3-5-10/h1-9H,15H2. The summed E-state index contributed by atoms with van der Waals surface area (Å²) in [5.74, 6) is 5.50. The van der Waals surface area contributed by atoms with E-state index in [1.165, 1.54) is 0 Å². The molecule has 17 heavy (non-hydrogen) atoms. The lowest BCUT2D eigenvalue weighted by molar-refractivity contribution is 0.0987. The molecule has 0 bridgehead atoms. The maximum atomic E-state index is 12.0. The highest BCUT2D eigenvalue weighted by Crippen LogP contribution is 2.17. The second-order valence-electron chi connectivity index (χ2n) is 3.52. The van der Waals surface area contributed by atoms with E-state index < -0.39 is 0 Å². The molecule has 2 aromatic rings. The number of halogens is 1. The minimum Gasteiger partial charge on any atom is -0.267 e. The number of nitrogens with two attached hydrogens (primary N) is 1. The Balaban J connectivity index is 2.23. The van der Waals surface area contributed by atoms with Gasteiger partial charge in [0, 0.05) is 10.6 Å². The Labute approximate surface area is 104 Å². The number of carbonyl (C=O) groups is 1. The second-order valence-corrected chi connectivity index (χ2v) is 3.95. The van der Waals surface area contributed by atoms with E-state index in [1.54, 1.807) is 48.5 Å². The largest absolute Gasteiger partial charge is 0.272 e. The molecule has 4 heteroatoms. The van der Waals surface area contributed by atoms with Crippen molar-refractivity contribution in [1.29, 1.82) is 0 Å². The van der Waals surface area contributed by atoms with Gasteiger partial charge in [-0.15, -0.1) is 0 Å². The monoisotopic (exact) mass is 246 g/mol. The predicted molar refractivity (Wildman–Crippen MR) is 68.9 cm³/mol. The Kier molecular flexibility index (Phi) is 3.42. The molecule has 0 saturated heterocycles. The van der Waals surface area contributed by atoms with Crippen molar-refractivity contribution in [3.63, 3.8) is 0 Å². The van der Waals surface area contributed by atoms with E-state index in [0.29, 0.717) is 16.3 Å². The first kappa shape index (κ1) is 11.6. The van der Waals surface area contributed by atoms with Gasteiger partial charge in [-0.1, -0.05) is 29.8 Å². The highest BCUT2D eigenvalue weighted by atomic mass is 35.5. The Morgan fingerprint density at radius 1 is 1.00 bits per heavy atom. The number of hydrazine groups is 1. The van der Waals surface area contributed by atoms with Crippen molar-refractivity contribution in [2.24, 2.45) is 5.84 Å². The van der Waals surface area contributed by atoms with Gasteiger partial charge >= 0.3 is 0 Å². The Bertz CT molecular complexity index is 511. The van der Waals surface area contributed by atoms with Gasteiger partial charge in [0.2, 0.25) is 0 Å². The van der Waals surface area contributed by atoms with Crippen LogP contribution in [0.4, 0.5) is 5.69 Å². The van der Waals surface area contributed by atoms with E-state index in [0.717, 1.165) is 5.01 Å². The van der Waals surface area contributed by atoms with Crippen molar-refractivity contribution in [1.82, 2.24) is 0 Å². The summed E-state index contributed by atoms with van der Waals surface area (Å²) in [5.41, 5.74) is 1.15. The van der Waals surface area contributed by atoms with Gasteiger partial charge in [0.1, 0.15) is 0 Å². The van der Waals surface area contributed by atoms with Gasteiger partial charge in [-0.2, -0.15) is 0 Å². The molecule has 0 aliphatic carbocycles. The summed E-state index contributed by atoms with van der Waals surface area (Å²) >= 11 is 5.77. The van der Waals surface area contributed by atoms with Gasteiger partial charge < -0.3 is 0 Å². The molecule has 3 nitrogen and oxygen atoms in total. The van der Waals surface area contributed by atoms with Crippen LogP contribution in [0.2, 0.25) is 5.02 Å². The molecule has 0 fully saturated rings. The van der Waals surface area contributed by atoms with E-state index in [1.807, 2.05) is 6.07 Å². The smallest absolute Gasteiger partial charge is 0.267 e. The SMILES string of the molecule is NN(C(=O)c1ccccc1)c1ccc(Cl)cc1. The van der Waals surface area contributed by atoms with E-state index in [4.69, 9.17) is 17.4 Å². The summed E-state index contributed by atoms with van der Waals surface area (Å²) in [4.78, 5) is 12.0. The van der Waals surface area contributed by atoms with E-state index in [9.17, 15) is 4.79 Å². The van der Waals surface area contributed by atoms with Crippen molar-refractivity contribution < 1.29 is 4.79 Å². The first-order valence-corrected chi connectivity index (χ1v) is 5.46. The average molecular weight is 247 g/mol. The van der Waals surface area contributed by atoms with Crippen molar-refractivity contribution >= 4 is 23.2 Å². The molecule has 0 atom stereocenters. The molecule has 2 aromatic carbocycles. The van der Waals surface area contributed by atoms with Crippen LogP contribution in [-0.4, -0.2) is 5.91 Å². The molecule has 2 N–H and O–H groups in total. The lowest BCUT2D eigenvalue weighted by Crippen LogP contribution is -2.37. The topological polar surface area (TPSA) is 46.3 Å². The van der Waals surface area contributed by atoms with Crippen LogP contribution < -0.4 is 10.9 Å². The fourth-order valence-corrected chi connectivity index (χ4v) is 1.56. The Morgan fingerprint density at radius 2 is 1.59 bits per heavy atom. The number of anilines is 1. The van der Waals surface area contributed by atoms with Gasteiger partial charge in [0.05, 0.1) is 5.69 Å². The van der Waals surface area contributed by atoms with Crippen LogP contribution in [0.25, 0.3) is 0 Å². The van der Waals surface area contributed by atoms with Crippen LogP contribution in [0.1, 0.15) is 10.4 Å². The Morgan fingerprint density at radius 3 is 2.18 bits per heavy atom. The first-order chi connectivity index (χ1) is 8.18. The molecule has 86 valence electrons. The summed E-state index contributed by atoms with van der Waals surface area (Å²) in [6, 6.07) is 15.7. The first-order valence-electron chi connectivity index (χ1n) is 5.08. The van der Waals surface area contributed by atoms with Gasteiger partial charge in [-0.05, 0) is 36.4 Å². The minimum atomic E-state index is -0.257. The molecule has 0 unspecified atom stereocenters. The van der Waals surface area contributed by atoms with E-state index in [2.05, 4.69) is 0 Å². The van der Waals surface area contributed by atoms with Crippen molar-refractivity contribution in [3.05, 3.63) is 65.2 Å². The predicted octanol–water partition coefficient (Wildman–Crippen LogP) is 2.86. The fraction of sp³-hybridized carbons (Fsp3) is 0. The van der Waals surface area contributed by atoms with Gasteiger partial charge in [0.25, 0.3) is 5.91 Å². The van der Waals surface area contributed by atoms with Crippen LogP contribution in [0.15, 0.2) is 54.6 Å². The third kappa shape index (κ3) is 2.64. The maximum absolute atomic E-state index is 12.0. The zero-order valence-corrected chi connectivity index (χ0v) is 9.76. The Hall–Kier alpha value is -1.84. The summed E-state index contributed by atoms with van der Waals surface area (Å²) in [7, 11) is 0. The van der Waals surface area contributed by atoms with Gasteiger partial charge in [0.15, 0.2) is 0 Å². The highest BCUT2D eigenvalue weighted by Gasteiger charge is 2.13. The molecule has 1 amide bonds. The summed E-state index contributed by atoms with van der Waals surface area (Å²) in [5, 5.41) is 1.71. The number of hydrogen-bond donors (Lipinski definition) is 1. The van der Waals surface area contributed by atoms with Crippen LogP contribution >= 0.6 is 11.6 Å². The van der Waals surface area contributed by atoms with Gasteiger partial charge in [-0.25, -0.2) is 10.9 Å². The van der Waals surface area contributed by atoms with Crippen molar-refractivity contribution in [2.75, 3.05) is 5.01 Å². The number of amides is 1. The summed E-state index contributed by atoms with van der Waals surface area (Å²) < 4.78 is 0. The summed E-state index contributed by atoms with van der Waals surface area (Å²) in [6.07, 6.45) is 0. The fourth-order valence-electron chi connectivity index (χ4n) is 1.44. The van der Waals surface area contributed by atoms with Crippen molar-refractivity contribution in [3.8, 4) is 0 Å². The quantitative estimate of drug-likeness (QED) is 0.503. The molecular weight excluding hydrogens is 236 g/mol. The van der Waals surface area contributed by atoms with E-state index in [-0.39, 0.29) is 5.91 Å². The molecular formula is C13H11ClN2O. The van der Waals surface area contributed by atoms with Crippen LogP contribution in [-0.2, 0) is 0 Å². The lowest BCUT2D eigenvalue weighted by atomic mass is 10.2. The number of rotatable bonds is 2. The molecule has 0 aromatic heterocycles. The molecule has 0 heterocycles. The molecule has 0 radical (unpaired) electrons. The van der Waals surface area contributed by atoms with Crippen molar-refractivity contribution in [2.45, 2.75) is 0 Å². The lowest BCUT2D eigenvalue weighted by Gasteiger charge is -2.16. The molecule has 2 rings (SSSR count). The number of carbonyl (C=O) groups excluding carboxylic acids is 1. The zero-order valence-electron chi connectivity index (χ0n) is 9.01. The average Bonchev–Trinajstić information content (AvgIpc) is 2.39. The molecule has 0 aliphatic heterocycles. The van der Waals surface area contributed by atoms with Crippen LogP contribution in [0, 0.1) is 0 Å². The normalized spacial score (nSPS) is 10.0. The second kappa shape index (κ2) is 4.99. The minimum absolute atomic E-state index is 0.257.